The van der Waals surface area contributed by atoms with Gasteiger partial charge in [0.15, 0.2) is 5.78 Å². The number of allylic oxidation sites excluding steroid dienone is 1. The third-order valence-corrected chi connectivity index (χ3v) is 6.15. The maximum absolute atomic E-state index is 12.4. The summed E-state index contributed by atoms with van der Waals surface area (Å²) in [5.74, 6) is 0.0705. The molecule has 1 fully saturated rings. The Morgan fingerprint density at radius 2 is 1.85 bits per heavy atom. The molecule has 2 aliphatic rings. The molecule has 0 spiro atoms. The number of hydrogen-bond acceptors (Lipinski definition) is 5. The van der Waals surface area contributed by atoms with E-state index >= 15 is 0 Å². The number of ketones is 1. The van der Waals surface area contributed by atoms with Gasteiger partial charge in [0.25, 0.3) is 0 Å². The molecule has 0 aromatic carbocycles. The smallest absolute Gasteiger partial charge is 0.242 e. The van der Waals surface area contributed by atoms with E-state index in [-0.39, 0.29) is 33.6 Å². The van der Waals surface area contributed by atoms with Crippen LogP contribution < -0.4 is 0 Å². The number of hydrogen-bond donors (Lipinski definition) is 0. The first-order chi connectivity index (χ1) is 12.1. The van der Waals surface area contributed by atoms with E-state index in [4.69, 9.17) is 32.4 Å². The molecule has 26 heavy (non-hydrogen) atoms. The average Bonchev–Trinajstić information content (AvgIpc) is 2.57. The van der Waals surface area contributed by atoms with E-state index in [0.717, 1.165) is 12.8 Å². The van der Waals surface area contributed by atoms with Crippen LogP contribution in [0.15, 0.2) is 21.9 Å². The molecule has 0 aliphatic heterocycles. The van der Waals surface area contributed by atoms with Crippen molar-refractivity contribution < 1.29 is 14.0 Å². The van der Waals surface area contributed by atoms with Crippen molar-refractivity contribution in [3.8, 4) is 12.1 Å². The fraction of sp³-hybridized carbons (Fsp3) is 0.611. The van der Waals surface area contributed by atoms with Crippen LogP contribution in [0.5, 0.6) is 0 Å². The summed E-state index contributed by atoms with van der Waals surface area (Å²) >= 11 is 12.9. The molecule has 0 aromatic heterocycles. The van der Waals surface area contributed by atoms with Crippen molar-refractivity contribution in [2.75, 3.05) is 0 Å². The first-order valence-corrected chi connectivity index (χ1v) is 12.8. The van der Waals surface area contributed by atoms with E-state index in [2.05, 4.69) is 0 Å². The number of ether oxygens (including phenoxy) is 1. The highest BCUT2D eigenvalue weighted by molar-refractivity contribution is 6.70. The van der Waals surface area contributed by atoms with E-state index in [0.29, 0.717) is 6.42 Å². The Bertz CT molecular complexity index is 743. The van der Waals surface area contributed by atoms with Gasteiger partial charge in [-0.15, -0.1) is 11.6 Å². The minimum absolute atomic E-state index is 0.000150. The minimum atomic E-state index is -2.09. The number of alkyl halides is 1. The van der Waals surface area contributed by atoms with Crippen molar-refractivity contribution in [2.24, 2.45) is 5.92 Å². The van der Waals surface area contributed by atoms with Crippen molar-refractivity contribution in [3.05, 3.63) is 21.9 Å². The molecule has 2 aliphatic carbocycles. The molecule has 8 heteroatoms. The fourth-order valence-corrected chi connectivity index (χ4v) is 4.51. The van der Waals surface area contributed by atoms with Crippen LogP contribution in [0.1, 0.15) is 26.2 Å². The van der Waals surface area contributed by atoms with Crippen LogP contribution in [-0.4, -0.2) is 31.7 Å². The van der Waals surface area contributed by atoms with Gasteiger partial charge >= 0.3 is 0 Å². The van der Waals surface area contributed by atoms with Gasteiger partial charge in [-0.2, -0.15) is 10.5 Å². The molecule has 0 heterocycles. The van der Waals surface area contributed by atoms with Crippen LogP contribution in [0.2, 0.25) is 19.6 Å². The summed E-state index contributed by atoms with van der Waals surface area (Å²) in [4.78, 5) is 12.4. The second-order valence-electron chi connectivity index (χ2n) is 7.59. The van der Waals surface area contributed by atoms with Crippen molar-refractivity contribution in [3.63, 3.8) is 0 Å². The summed E-state index contributed by atoms with van der Waals surface area (Å²) in [6.45, 7) is 7.70. The van der Waals surface area contributed by atoms with E-state index in [1.54, 1.807) is 0 Å². The Morgan fingerprint density at radius 3 is 2.38 bits per heavy atom. The molecule has 4 atom stereocenters. The molecule has 0 saturated heterocycles. The summed E-state index contributed by atoms with van der Waals surface area (Å²) in [7, 11) is -2.09. The van der Waals surface area contributed by atoms with Crippen molar-refractivity contribution in [1.82, 2.24) is 0 Å². The highest BCUT2D eigenvalue weighted by atomic mass is 35.5. The Hall–Kier alpha value is -1.31. The molecule has 2 rings (SSSR count). The molecule has 0 aromatic rings. The van der Waals surface area contributed by atoms with Gasteiger partial charge in [-0.1, -0.05) is 18.5 Å². The molecule has 140 valence electrons. The molecule has 0 radical (unpaired) electrons. The van der Waals surface area contributed by atoms with Gasteiger partial charge in [0.05, 0.1) is 16.7 Å². The number of nitrogens with zero attached hydrogens (tertiary/aromatic N) is 2. The fourth-order valence-electron chi connectivity index (χ4n) is 3.09. The van der Waals surface area contributed by atoms with Crippen LogP contribution in [0.25, 0.3) is 0 Å². The third kappa shape index (κ3) is 4.32. The van der Waals surface area contributed by atoms with E-state index < -0.39 is 25.9 Å². The highest BCUT2D eigenvalue weighted by Crippen LogP contribution is 2.40. The van der Waals surface area contributed by atoms with Crippen LogP contribution in [0, 0.1) is 28.6 Å². The lowest BCUT2D eigenvalue weighted by molar-refractivity contribution is -0.140. The zero-order chi connectivity index (χ0) is 19.6. The lowest BCUT2D eigenvalue weighted by Gasteiger charge is -2.35. The van der Waals surface area contributed by atoms with Gasteiger partial charge < -0.3 is 9.16 Å². The van der Waals surface area contributed by atoms with Crippen molar-refractivity contribution >= 4 is 37.3 Å². The number of rotatable bonds is 4. The topological polar surface area (TPSA) is 83.1 Å². The summed E-state index contributed by atoms with van der Waals surface area (Å²) < 4.78 is 11.9. The third-order valence-electron chi connectivity index (χ3n) is 4.36. The molecular formula is C18H22Cl2N2O3Si. The number of Topliss-reactive ketones (excluding diaryl/α,β-unsaturated/α-hetero) is 1. The quantitative estimate of drug-likeness (QED) is 0.504. The van der Waals surface area contributed by atoms with E-state index in [1.807, 2.05) is 38.7 Å². The summed E-state index contributed by atoms with van der Waals surface area (Å²) in [6, 6.07) is 4.02. The molecule has 0 bridgehead atoms. The van der Waals surface area contributed by atoms with E-state index in [9.17, 15) is 15.3 Å². The predicted octanol–water partition coefficient (Wildman–Crippen LogP) is 4.40. The zero-order valence-corrected chi connectivity index (χ0v) is 17.8. The van der Waals surface area contributed by atoms with Crippen molar-refractivity contribution in [1.29, 1.82) is 10.5 Å². The predicted molar refractivity (Wildman–Crippen MR) is 102 cm³/mol. The van der Waals surface area contributed by atoms with Crippen LogP contribution >= 0.6 is 23.2 Å². The summed E-state index contributed by atoms with van der Waals surface area (Å²) in [5.41, 5.74) is 0.106. The standard InChI is InChI=1S/C18H22Cl2N2O3Si/c1-10-6-5-7-13(16(10)23)24-17-11(8-21)12(9-22)18(15(20)14(17)19)25-26(2,3)4/h10,13-14,17H,5-7H2,1-4H3. The second kappa shape index (κ2) is 8.15. The Kier molecular flexibility index (Phi) is 6.58. The Balaban J connectivity index is 2.41. The Morgan fingerprint density at radius 1 is 1.19 bits per heavy atom. The average molecular weight is 413 g/mol. The molecule has 1 saturated carbocycles. The SMILES string of the molecule is CC1CCCC(OC2C(C#N)=C(C#N)C(O[Si](C)(C)C)=C(Cl)C2Cl)C1=O. The number of halogens is 2. The lowest BCUT2D eigenvalue weighted by atomic mass is 9.86. The maximum atomic E-state index is 12.4. The number of carbonyl (C=O) groups is 1. The van der Waals surface area contributed by atoms with Gasteiger partial charge in [-0.25, -0.2) is 0 Å². The normalized spacial score (nSPS) is 30.1. The van der Waals surface area contributed by atoms with Gasteiger partial charge in [-0.05, 0) is 38.9 Å². The maximum Gasteiger partial charge on any atom is 0.242 e. The van der Waals surface area contributed by atoms with Gasteiger partial charge in [-0.3, -0.25) is 4.79 Å². The van der Waals surface area contributed by atoms with E-state index in [1.165, 1.54) is 0 Å². The largest absolute Gasteiger partial charge is 0.543 e. The molecule has 4 unspecified atom stereocenters. The second-order valence-corrected chi connectivity index (χ2v) is 12.9. The first kappa shape index (κ1) is 21.0. The first-order valence-electron chi connectivity index (χ1n) is 8.57. The van der Waals surface area contributed by atoms with Crippen LogP contribution in [0.4, 0.5) is 0 Å². The number of carbonyl (C=O) groups excluding carboxylic acids is 1. The van der Waals surface area contributed by atoms with Crippen LogP contribution in [-0.2, 0) is 14.0 Å². The van der Waals surface area contributed by atoms with Gasteiger partial charge in [0.2, 0.25) is 8.32 Å². The summed E-state index contributed by atoms with van der Waals surface area (Å²) in [5, 5.41) is 18.5. The molecule has 0 amide bonds. The summed E-state index contributed by atoms with van der Waals surface area (Å²) in [6.07, 6.45) is 0.673. The number of nitriles is 2. The van der Waals surface area contributed by atoms with Crippen molar-refractivity contribution in [2.45, 2.75) is 63.4 Å². The molecular weight excluding hydrogens is 391 g/mol. The van der Waals surface area contributed by atoms with Gasteiger partial charge in [0.1, 0.15) is 35.0 Å². The van der Waals surface area contributed by atoms with Gasteiger partial charge in [0, 0.05) is 5.92 Å². The molecule has 0 N–H and O–H groups in total. The van der Waals surface area contributed by atoms with Crippen LogP contribution in [0.3, 0.4) is 0 Å². The monoisotopic (exact) mass is 412 g/mol. The zero-order valence-electron chi connectivity index (χ0n) is 15.3. The Labute approximate surface area is 165 Å². The lowest BCUT2D eigenvalue weighted by Crippen LogP contribution is -2.42. The molecule has 5 nitrogen and oxygen atoms in total. The minimum Gasteiger partial charge on any atom is -0.543 e. The highest BCUT2D eigenvalue weighted by Gasteiger charge is 2.42.